The molecule has 16 heteroatoms. The van der Waals surface area contributed by atoms with Gasteiger partial charge in [0.25, 0.3) is 0 Å². The number of aromatic hydroxyl groups is 2. The minimum atomic E-state index is -1.68. The number of aliphatic hydroxyl groups excluding tert-OH is 1. The first-order valence-electron chi connectivity index (χ1n) is 15.6. The number of hydroxylamine groups is 1. The van der Waals surface area contributed by atoms with Crippen molar-refractivity contribution in [2.24, 2.45) is 0 Å². The number of phenols is 2. The number of aliphatic carboxylic acids is 1. The van der Waals surface area contributed by atoms with Crippen LogP contribution >= 0.6 is 0 Å². The van der Waals surface area contributed by atoms with Crippen LogP contribution in [0.15, 0.2) is 36.4 Å². The lowest BCUT2D eigenvalue weighted by Gasteiger charge is -2.32. The van der Waals surface area contributed by atoms with E-state index < -0.39 is 66.2 Å². The second-order valence-electron chi connectivity index (χ2n) is 12.6. The molecule has 8 N–H and O–H groups in total. The lowest BCUT2D eigenvalue weighted by Crippen LogP contribution is -2.58. The number of carbonyl (C=O) groups is 5. The monoisotopic (exact) mass is 687 g/mol. The third-order valence-corrected chi connectivity index (χ3v) is 7.77. The van der Waals surface area contributed by atoms with E-state index in [1.807, 2.05) is 0 Å². The fourth-order valence-electron chi connectivity index (χ4n) is 5.21. The second-order valence-corrected chi connectivity index (χ2v) is 12.6. The molecule has 49 heavy (non-hydrogen) atoms. The third-order valence-electron chi connectivity index (χ3n) is 7.77. The number of nitrogens with zero attached hydrogens (tertiary/aromatic N) is 1. The predicted octanol–water partition coefficient (Wildman–Crippen LogP) is 0.561. The number of hydrogen-bond acceptors (Lipinski definition) is 11. The average molecular weight is 688 g/mol. The highest BCUT2D eigenvalue weighted by Gasteiger charge is 2.36. The maximum absolute atomic E-state index is 14.1. The van der Waals surface area contributed by atoms with Gasteiger partial charge in [-0.25, -0.2) is 9.59 Å². The molecular formula is C33H45N5O11. The molecule has 3 rings (SSSR count). The third kappa shape index (κ3) is 10.8. The lowest BCUT2D eigenvalue weighted by molar-refractivity contribution is -0.146. The van der Waals surface area contributed by atoms with Gasteiger partial charge in [0, 0.05) is 26.4 Å². The summed E-state index contributed by atoms with van der Waals surface area (Å²) in [6.07, 6.45) is -0.867. The summed E-state index contributed by atoms with van der Waals surface area (Å²) in [6, 6.07) is 3.87. The van der Waals surface area contributed by atoms with E-state index in [0.29, 0.717) is 16.7 Å². The Bertz CT molecular complexity index is 1530. The highest BCUT2D eigenvalue weighted by molar-refractivity contribution is 5.94. The molecule has 0 spiro atoms. The number of rotatable bonds is 10. The number of benzene rings is 2. The number of phenolic OH excluding ortho intramolecular Hbond substituents is 2. The van der Waals surface area contributed by atoms with Crippen molar-refractivity contribution in [3.63, 3.8) is 0 Å². The molecule has 0 radical (unpaired) electrons. The SMILES string of the molecule is CONC1Cc2cc(ccc2O)-c2ccc(O)c(c2)CC(C(=O)N[C@@H](CO)C(=O)O)N(C)C(=O)[C@H](CCCNC(=O)OC(C)(C)C)NC1=O. The van der Waals surface area contributed by atoms with Crippen molar-refractivity contribution < 1.29 is 54.0 Å². The molecule has 0 saturated carbocycles. The van der Waals surface area contributed by atoms with Crippen LogP contribution in [-0.2, 0) is 41.6 Å². The Kier molecular flexibility index (Phi) is 13.3. The Hall–Kier alpha value is -4.93. The van der Waals surface area contributed by atoms with Crippen LogP contribution in [0.5, 0.6) is 11.5 Å². The lowest BCUT2D eigenvalue weighted by atomic mass is 9.95. The predicted molar refractivity (Wildman–Crippen MR) is 175 cm³/mol. The number of fused-ring (bicyclic) bond motifs is 5. The van der Waals surface area contributed by atoms with Gasteiger partial charge < -0.3 is 50.9 Å². The topological polar surface area (TPSA) is 236 Å². The standard InChI is InChI=1S/C33H45N5O11/c1-33(2,3)49-32(47)34-12-6-7-22-30(44)38(4)25(29(43)36-24(17-39)31(45)46)16-21-14-19(9-11-27(21)41)18-8-10-26(40)20(13-18)15-23(37-48-5)28(42)35-22/h8-11,13-14,22-25,37,39-41H,6-7,12,15-17H2,1-5H3,(H,34,47)(H,35,42)(H,36,43)(H,45,46)/t22-,23?,24-,25?/m0/s1. The molecule has 16 nitrogen and oxygen atoms in total. The van der Waals surface area contributed by atoms with Gasteiger partial charge >= 0.3 is 12.1 Å². The number of nitrogens with one attached hydrogen (secondary N) is 4. The summed E-state index contributed by atoms with van der Waals surface area (Å²) in [4.78, 5) is 71.3. The molecule has 0 saturated heterocycles. The van der Waals surface area contributed by atoms with Gasteiger partial charge in [-0.05, 0) is 80.1 Å². The van der Waals surface area contributed by atoms with Crippen molar-refractivity contribution in [2.75, 3.05) is 27.3 Å². The highest BCUT2D eigenvalue weighted by Crippen LogP contribution is 2.31. The zero-order valence-electron chi connectivity index (χ0n) is 28.1. The number of likely N-dealkylation sites (N-methyl/N-ethyl adjacent to an activating group) is 1. The molecule has 4 amide bonds. The summed E-state index contributed by atoms with van der Waals surface area (Å²) in [6.45, 7) is 4.26. The molecule has 1 aliphatic heterocycles. The first-order valence-corrected chi connectivity index (χ1v) is 15.6. The number of carbonyl (C=O) groups excluding carboxylic acids is 4. The number of aliphatic hydroxyl groups is 1. The number of alkyl carbamates (subject to hydrolysis) is 1. The molecule has 0 fully saturated rings. The highest BCUT2D eigenvalue weighted by atomic mass is 16.6. The van der Waals surface area contributed by atoms with E-state index in [1.54, 1.807) is 45.0 Å². The summed E-state index contributed by atoms with van der Waals surface area (Å²) in [5.74, 6) is -4.17. The normalized spacial score (nSPS) is 19.1. The van der Waals surface area contributed by atoms with Gasteiger partial charge in [-0.1, -0.05) is 12.1 Å². The van der Waals surface area contributed by atoms with Crippen LogP contribution in [0.2, 0.25) is 0 Å². The zero-order chi connectivity index (χ0) is 36.5. The van der Waals surface area contributed by atoms with E-state index in [2.05, 4.69) is 21.4 Å². The average Bonchev–Trinajstić information content (AvgIpc) is 3.03. The summed E-state index contributed by atoms with van der Waals surface area (Å²) in [7, 11) is 2.60. The van der Waals surface area contributed by atoms with Gasteiger partial charge in [0.1, 0.15) is 41.3 Å². The van der Waals surface area contributed by atoms with Crippen molar-refractivity contribution in [1.29, 1.82) is 0 Å². The van der Waals surface area contributed by atoms with Crippen LogP contribution in [0.3, 0.4) is 0 Å². The quantitative estimate of drug-likeness (QED) is 0.126. The smallest absolute Gasteiger partial charge is 0.407 e. The Balaban J connectivity index is 2.08. The van der Waals surface area contributed by atoms with Crippen LogP contribution in [0.4, 0.5) is 4.79 Å². The minimum Gasteiger partial charge on any atom is -0.508 e. The van der Waals surface area contributed by atoms with E-state index in [9.17, 15) is 44.4 Å². The van der Waals surface area contributed by atoms with Crippen molar-refractivity contribution in [1.82, 2.24) is 26.3 Å². The molecule has 268 valence electrons. The van der Waals surface area contributed by atoms with Crippen LogP contribution in [0.1, 0.15) is 44.7 Å². The van der Waals surface area contributed by atoms with Gasteiger partial charge in [0.2, 0.25) is 17.7 Å². The maximum Gasteiger partial charge on any atom is 0.407 e. The van der Waals surface area contributed by atoms with Gasteiger partial charge in [-0.2, -0.15) is 5.48 Å². The van der Waals surface area contributed by atoms with Crippen molar-refractivity contribution >= 4 is 29.8 Å². The Morgan fingerprint density at radius 3 is 2.14 bits per heavy atom. The van der Waals surface area contributed by atoms with Crippen LogP contribution in [0, 0.1) is 0 Å². The van der Waals surface area contributed by atoms with E-state index in [4.69, 9.17) is 9.57 Å². The first-order chi connectivity index (χ1) is 23.0. The van der Waals surface area contributed by atoms with Crippen molar-refractivity contribution in [3.05, 3.63) is 47.5 Å². The van der Waals surface area contributed by atoms with Crippen LogP contribution in [0.25, 0.3) is 11.1 Å². The molecular weight excluding hydrogens is 642 g/mol. The summed E-state index contributed by atoms with van der Waals surface area (Å²) < 4.78 is 5.24. The summed E-state index contributed by atoms with van der Waals surface area (Å²) in [5, 5.41) is 48.0. The fraction of sp³-hybridized carbons (Fsp3) is 0.485. The van der Waals surface area contributed by atoms with E-state index in [1.165, 1.54) is 26.3 Å². The molecule has 4 bridgehead atoms. The van der Waals surface area contributed by atoms with Crippen LogP contribution in [-0.4, -0.2) is 112 Å². The second kappa shape index (κ2) is 16.9. The van der Waals surface area contributed by atoms with E-state index >= 15 is 0 Å². The van der Waals surface area contributed by atoms with E-state index in [-0.39, 0.29) is 49.3 Å². The maximum atomic E-state index is 14.1. The van der Waals surface area contributed by atoms with Gasteiger partial charge in [0.15, 0.2) is 0 Å². The fourth-order valence-corrected chi connectivity index (χ4v) is 5.21. The molecule has 2 aromatic carbocycles. The van der Waals surface area contributed by atoms with Crippen molar-refractivity contribution in [2.45, 2.75) is 76.2 Å². The Morgan fingerprint density at radius 1 is 1.02 bits per heavy atom. The first kappa shape index (κ1) is 38.5. The molecule has 2 unspecified atom stereocenters. The number of carboxylic acids is 1. The Morgan fingerprint density at radius 2 is 1.61 bits per heavy atom. The summed E-state index contributed by atoms with van der Waals surface area (Å²) in [5.41, 5.74) is 3.64. The summed E-state index contributed by atoms with van der Waals surface area (Å²) >= 11 is 0. The molecule has 2 aromatic rings. The molecule has 0 aromatic heterocycles. The molecule has 1 aliphatic rings. The molecule has 4 atom stereocenters. The van der Waals surface area contributed by atoms with Gasteiger partial charge in [0.05, 0.1) is 13.7 Å². The largest absolute Gasteiger partial charge is 0.508 e. The van der Waals surface area contributed by atoms with E-state index in [0.717, 1.165) is 4.90 Å². The van der Waals surface area contributed by atoms with Gasteiger partial charge in [-0.3, -0.25) is 14.4 Å². The van der Waals surface area contributed by atoms with Crippen molar-refractivity contribution in [3.8, 4) is 22.6 Å². The minimum absolute atomic E-state index is 0.0192. The number of ether oxygens (including phenoxy) is 1. The number of carboxylic acid groups (broad SMARTS) is 1. The Labute approximate surface area is 283 Å². The number of hydrogen-bond donors (Lipinski definition) is 8. The zero-order valence-corrected chi connectivity index (χ0v) is 28.1. The molecule has 0 aliphatic carbocycles. The number of amides is 4. The van der Waals surface area contributed by atoms with Crippen LogP contribution < -0.4 is 21.4 Å². The molecule has 1 heterocycles. The van der Waals surface area contributed by atoms with Gasteiger partial charge in [-0.15, -0.1) is 0 Å².